The minimum absolute atomic E-state index is 0.0217. The van der Waals surface area contributed by atoms with E-state index in [0.29, 0.717) is 24.3 Å². The smallest absolute Gasteiger partial charge is 0.345 e. The van der Waals surface area contributed by atoms with Crippen molar-refractivity contribution in [2.24, 2.45) is 5.92 Å². The lowest BCUT2D eigenvalue weighted by Crippen LogP contribution is -2.33. The number of nitrogens with zero attached hydrogens (tertiary/aromatic N) is 1. The van der Waals surface area contributed by atoms with E-state index in [1.165, 1.54) is 11.3 Å². The standard InChI is InChI=1S/C23H31NO4S/c1-3-4-5-6-8-17(2)20(25)13-10-18-11-15-22(26)24(18)16-7-9-19-12-14-21(29-19)23(27)28/h10,12-14,17-18,20,25H,3-4,7-9,11,15-16H2,1-2H3,(H,27,28)/b13-10+/t17-,18-,20+/m0/s1. The number of carbonyl (C=O) groups is 2. The van der Waals surface area contributed by atoms with Crippen LogP contribution in [0.5, 0.6) is 0 Å². The van der Waals surface area contributed by atoms with E-state index in [1.807, 2.05) is 24.0 Å². The van der Waals surface area contributed by atoms with Gasteiger partial charge in [0, 0.05) is 30.7 Å². The van der Waals surface area contributed by atoms with Gasteiger partial charge in [0.15, 0.2) is 0 Å². The Bertz CT molecular complexity index is 773. The summed E-state index contributed by atoms with van der Waals surface area (Å²) in [6, 6.07) is 3.50. The van der Waals surface area contributed by atoms with Crippen LogP contribution in [0.4, 0.5) is 0 Å². The molecule has 158 valence electrons. The molecule has 0 unspecified atom stereocenters. The molecule has 0 radical (unpaired) electrons. The molecule has 1 aromatic heterocycles. The van der Waals surface area contributed by atoms with Gasteiger partial charge in [-0.2, -0.15) is 0 Å². The largest absolute Gasteiger partial charge is 0.477 e. The van der Waals surface area contributed by atoms with Crippen LogP contribution in [-0.4, -0.2) is 45.7 Å². The second-order valence-electron chi connectivity index (χ2n) is 7.53. The zero-order valence-electron chi connectivity index (χ0n) is 17.3. The Morgan fingerprint density at radius 3 is 2.90 bits per heavy atom. The SMILES string of the molecule is CCCC#CC[C@H](C)[C@H](O)/C=C/[C@H]1CCC(=O)N1CCCc1ccc(C(=O)O)s1. The number of rotatable bonds is 10. The van der Waals surface area contributed by atoms with Crippen LogP contribution in [0.25, 0.3) is 0 Å². The van der Waals surface area contributed by atoms with Crippen molar-refractivity contribution in [2.75, 3.05) is 6.54 Å². The van der Waals surface area contributed by atoms with Crippen LogP contribution in [-0.2, 0) is 11.2 Å². The highest BCUT2D eigenvalue weighted by molar-refractivity contribution is 7.13. The molecular formula is C23H31NO4S. The highest BCUT2D eigenvalue weighted by atomic mass is 32.1. The number of hydrogen-bond donors (Lipinski definition) is 2. The van der Waals surface area contributed by atoms with E-state index in [0.717, 1.165) is 37.0 Å². The number of aliphatic hydroxyl groups excluding tert-OH is 1. The second kappa shape index (κ2) is 11.8. The highest BCUT2D eigenvalue weighted by Crippen LogP contribution is 2.23. The van der Waals surface area contributed by atoms with Crippen molar-refractivity contribution in [3.8, 4) is 11.8 Å². The van der Waals surface area contributed by atoms with Gasteiger partial charge in [0.2, 0.25) is 5.91 Å². The number of aromatic carboxylic acids is 1. The summed E-state index contributed by atoms with van der Waals surface area (Å²) in [6.07, 6.45) is 8.65. The van der Waals surface area contributed by atoms with Crippen molar-refractivity contribution in [3.05, 3.63) is 34.0 Å². The Morgan fingerprint density at radius 2 is 2.21 bits per heavy atom. The van der Waals surface area contributed by atoms with E-state index < -0.39 is 12.1 Å². The van der Waals surface area contributed by atoms with Crippen molar-refractivity contribution in [1.82, 2.24) is 4.90 Å². The van der Waals surface area contributed by atoms with Gasteiger partial charge in [0.1, 0.15) is 4.88 Å². The summed E-state index contributed by atoms with van der Waals surface area (Å²) in [5.74, 6) is 5.53. The van der Waals surface area contributed by atoms with Crippen LogP contribution in [0, 0.1) is 17.8 Å². The number of carboxylic acids is 1. The predicted molar refractivity (Wildman–Crippen MR) is 116 cm³/mol. The minimum atomic E-state index is -0.898. The lowest BCUT2D eigenvalue weighted by molar-refractivity contribution is -0.128. The number of unbranched alkanes of at least 4 members (excludes halogenated alkanes) is 1. The maximum Gasteiger partial charge on any atom is 0.345 e. The Labute approximate surface area is 177 Å². The molecule has 1 aromatic rings. The topological polar surface area (TPSA) is 77.8 Å². The van der Waals surface area contributed by atoms with Gasteiger partial charge in [0.05, 0.1) is 12.1 Å². The number of aryl methyl sites for hydroxylation is 1. The first-order valence-electron chi connectivity index (χ1n) is 10.4. The molecule has 1 amide bonds. The van der Waals surface area contributed by atoms with E-state index in [1.54, 1.807) is 12.1 Å². The molecule has 1 saturated heterocycles. The molecule has 0 bridgehead atoms. The maximum absolute atomic E-state index is 12.2. The normalized spacial score (nSPS) is 18.7. The molecule has 29 heavy (non-hydrogen) atoms. The zero-order chi connectivity index (χ0) is 21.2. The summed E-state index contributed by atoms with van der Waals surface area (Å²) in [7, 11) is 0. The highest BCUT2D eigenvalue weighted by Gasteiger charge is 2.28. The molecule has 0 aromatic carbocycles. The lowest BCUT2D eigenvalue weighted by Gasteiger charge is -2.23. The predicted octanol–water partition coefficient (Wildman–Crippen LogP) is 4.12. The van der Waals surface area contributed by atoms with E-state index in [2.05, 4.69) is 18.8 Å². The van der Waals surface area contributed by atoms with Gasteiger partial charge in [0.25, 0.3) is 0 Å². The Kier molecular flexibility index (Phi) is 9.43. The van der Waals surface area contributed by atoms with Crippen molar-refractivity contribution >= 4 is 23.2 Å². The van der Waals surface area contributed by atoms with Gasteiger partial charge in [-0.15, -0.1) is 23.2 Å². The summed E-state index contributed by atoms with van der Waals surface area (Å²) < 4.78 is 0. The van der Waals surface area contributed by atoms with E-state index >= 15 is 0 Å². The first kappa shape index (κ1) is 23.2. The molecule has 0 saturated carbocycles. The second-order valence-corrected chi connectivity index (χ2v) is 8.70. The number of carbonyl (C=O) groups excluding carboxylic acids is 1. The fourth-order valence-electron chi connectivity index (χ4n) is 3.30. The molecule has 0 spiro atoms. The summed E-state index contributed by atoms with van der Waals surface area (Å²) in [5.41, 5.74) is 0. The zero-order valence-corrected chi connectivity index (χ0v) is 18.1. The van der Waals surface area contributed by atoms with Crippen LogP contribution in [0.1, 0.15) is 66.9 Å². The third-order valence-electron chi connectivity index (χ3n) is 5.11. The molecule has 6 heteroatoms. The van der Waals surface area contributed by atoms with Crippen LogP contribution >= 0.6 is 11.3 Å². The van der Waals surface area contributed by atoms with E-state index in [4.69, 9.17) is 5.11 Å². The summed E-state index contributed by atoms with van der Waals surface area (Å²) >= 11 is 1.29. The summed E-state index contributed by atoms with van der Waals surface area (Å²) in [5, 5.41) is 19.4. The van der Waals surface area contributed by atoms with Crippen molar-refractivity contribution in [2.45, 2.75) is 70.9 Å². The number of aliphatic hydroxyl groups is 1. The van der Waals surface area contributed by atoms with Crippen molar-refractivity contribution in [1.29, 1.82) is 0 Å². The van der Waals surface area contributed by atoms with Gasteiger partial charge >= 0.3 is 5.97 Å². The van der Waals surface area contributed by atoms with Gasteiger partial charge in [-0.25, -0.2) is 4.79 Å². The van der Waals surface area contributed by atoms with Gasteiger partial charge in [-0.1, -0.05) is 26.0 Å². The minimum Gasteiger partial charge on any atom is -0.477 e. The number of hydrogen-bond acceptors (Lipinski definition) is 4. The van der Waals surface area contributed by atoms with Gasteiger partial charge in [-0.3, -0.25) is 4.79 Å². The first-order valence-corrected chi connectivity index (χ1v) is 11.2. The lowest BCUT2D eigenvalue weighted by atomic mass is 10.00. The number of likely N-dealkylation sites (tertiary alicyclic amines) is 1. The molecule has 2 heterocycles. The molecule has 1 aliphatic heterocycles. The molecule has 3 atom stereocenters. The third-order valence-corrected chi connectivity index (χ3v) is 6.24. The summed E-state index contributed by atoms with van der Waals surface area (Å²) in [6.45, 7) is 4.72. The average Bonchev–Trinajstić information content (AvgIpc) is 3.31. The Hall–Kier alpha value is -2.10. The molecule has 2 N–H and O–H groups in total. The number of amides is 1. The van der Waals surface area contributed by atoms with Gasteiger partial charge in [-0.05, 0) is 43.7 Å². The number of carboxylic acid groups (broad SMARTS) is 1. The first-order chi connectivity index (χ1) is 13.9. The summed E-state index contributed by atoms with van der Waals surface area (Å²) in [4.78, 5) is 26.5. The molecule has 5 nitrogen and oxygen atoms in total. The molecule has 1 fully saturated rings. The quantitative estimate of drug-likeness (QED) is 0.443. The van der Waals surface area contributed by atoms with Crippen LogP contribution in [0.15, 0.2) is 24.3 Å². The Balaban J connectivity index is 1.83. The molecular weight excluding hydrogens is 386 g/mol. The van der Waals surface area contributed by atoms with Crippen LogP contribution in [0.2, 0.25) is 0 Å². The van der Waals surface area contributed by atoms with Crippen LogP contribution in [0.3, 0.4) is 0 Å². The van der Waals surface area contributed by atoms with Gasteiger partial charge < -0.3 is 15.1 Å². The van der Waals surface area contributed by atoms with Crippen molar-refractivity contribution in [3.63, 3.8) is 0 Å². The van der Waals surface area contributed by atoms with E-state index in [-0.39, 0.29) is 17.9 Å². The monoisotopic (exact) mass is 417 g/mol. The third kappa shape index (κ3) is 7.34. The molecule has 2 rings (SSSR count). The van der Waals surface area contributed by atoms with Crippen molar-refractivity contribution < 1.29 is 19.8 Å². The number of thiophene rings is 1. The molecule has 0 aliphatic carbocycles. The maximum atomic E-state index is 12.2. The average molecular weight is 418 g/mol. The fraction of sp³-hybridized carbons (Fsp3) is 0.565. The Morgan fingerprint density at radius 1 is 1.41 bits per heavy atom. The van der Waals surface area contributed by atoms with E-state index in [9.17, 15) is 14.7 Å². The van der Waals surface area contributed by atoms with Crippen LogP contribution < -0.4 is 0 Å². The fourth-order valence-corrected chi connectivity index (χ4v) is 4.18. The molecule has 1 aliphatic rings.